The summed E-state index contributed by atoms with van der Waals surface area (Å²) in [6.45, 7) is 1.91. The van der Waals surface area contributed by atoms with Crippen molar-refractivity contribution in [3.8, 4) is 11.5 Å². The number of hydrogen-bond acceptors (Lipinski definition) is 5. The van der Waals surface area contributed by atoms with E-state index >= 15 is 0 Å². The normalized spacial score (nSPS) is 18.0. The van der Waals surface area contributed by atoms with Crippen LogP contribution in [0.2, 0.25) is 0 Å². The van der Waals surface area contributed by atoms with E-state index in [1.54, 1.807) is 12.0 Å². The van der Waals surface area contributed by atoms with Crippen LogP contribution in [0.4, 0.5) is 0 Å². The van der Waals surface area contributed by atoms with Gasteiger partial charge in [0.1, 0.15) is 11.5 Å². The zero-order valence-corrected chi connectivity index (χ0v) is 15.3. The van der Waals surface area contributed by atoms with Gasteiger partial charge in [0, 0.05) is 25.4 Å². The van der Waals surface area contributed by atoms with Gasteiger partial charge in [0.25, 0.3) is 0 Å². The maximum atomic E-state index is 12.2. The standard InChI is InChI=1S/C17H26N2O5S/c1-23-15-6-8-16(9-7-15)24-13-14-4-2-10-19(12-14)17(20)5-3-11-25(18,21)22/h6-9,14H,2-5,10-13H2,1H3,(H2,18,21,22)/t14-/m1/s1. The topological polar surface area (TPSA) is 98.9 Å². The third-order valence-corrected chi connectivity index (χ3v) is 5.09. The highest BCUT2D eigenvalue weighted by Gasteiger charge is 2.24. The second-order valence-electron chi connectivity index (χ2n) is 6.31. The fraction of sp³-hybridized carbons (Fsp3) is 0.588. The average molecular weight is 370 g/mol. The molecule has 0 bridgehead atoms. The molecule has 1 fully saturated rings. The number of carbonyl (C=O) groups is 1. The number of nitrogens with two attached hydrogens (primary N) is 1. The van der Waals surface area contributed by atoms with E-state index in [2.05, 4.69) is 0 Å². The van der Waals surface area contributed by atoms with Crippen LogP contribution in [0.15, 0.2) is 24.3 Å². The van der Waals surface area contributed by atoms with Crippen LogP contribution in [-0.4, -0.2) is 51.8 Å². The van der Waals surface area contributed by atoms with Gasteiger partial charge in [-0.25, -0.2) is 13.6 Å². The number of carbonyl (C=O) groups excluding carboxylic acids is 1. The Morgan fingerprint density at radius 2 is 1.96 bits per heavy atom. The van der Waals surface area contributed by atoms with Crippen LogP contribution in [-0.2, 0) is 14.8 Å². The summed E-state index contributed by atoms with van der Waals surface area (Å²) < 4.78 is 32.8. The van der Waals surface area contributed by atoms with Crippen molar-refractivity contribution in [1.82, 2.24) is 4.90 Å². The van der Waals surface area contributed by atoms with Gasteiger partial charge in [-0.2, -0.15) is 0 Å². The summed E-state index contributed by atoms with van der Waals surface area (Å²) in [5.74, 6) is 1.66. The predicted molar refractivity (Wildman–Crippen MR) is 95.0 cm³/mol. The van der Waals surface area contributed by atoms with Crippen LogP contribution in [0, 0.1) is 5.92 Å². The predicted octanol–water partition coefficient (Wildman–Crippen LogP) is 1.38. The van der Waals surface area contributed by atoms with Crippen LogP contribution in [0.5, 0.6) is 11.5 Å². The van der Waals surface area contributed by atoms with Gasteiger partial charge in [0.05, 0.1) is 19.5 Å². The molecule has 7 nitrogen and oxygen atoms in total. The van der Waals surface area contributed by atoms with Gasteiger partial charge in [0.15, 0.2) is 0 Å². The Labute approximate surface area is 149 Å². The molecule has 0 unspecified atom stereocenters. The number of sulfonamides is 1. The summed E-state index contributed by atoms with van der Waals surface area (Å²) in [5, 5.41) is 4.96. The minimum Gasteiger partial charge on any atom is -0.497 e. The summed E-state index contributed by atoms with van der Waals surface area (Å²) >= 11 is 0. The Kier molecular flexibility index (Phi) is 7.07. The van der Waals surface area contributed by atoms with Gasteiger partial charge in [-0.1, -0.05) is 0 Å². The molecule has 2 rings (SSSR count). The first-order valence-corrected chi connectivity index (χ1v) is 10.1. The monoisotopic (exact) mass is 370 g/mol. The Bertz CT molecular complexity index is 660. The number of rotatable bonds is 8. The van der Waals surface area contributed by atoms with E-state index in [9.17, 15) is 13.2 Å². The highest BCUT2D eigenvalue weighted by Crippen LogP contribution is 2.21. The van der Waals surface area contributed by atoms with E-state index in [0.717, 1.165) is 24.3 Å². The summed E-state index contributed by atoms with van der Waals surface area (Å²) in [4.78, 5) is 14.0. The number of nitrogens with zero attached hydrogens (tertiary/aromatic N) is 1. The molecule has 0 aliphatic carbocycles. The van der Waals surface area contributed by atoms with E-state index in [1.165, 1.54) is 0 Å². The molecule has 1 aliphatic rings. The van der Waals surface area contributed by atoms with Gasteiger partial charge in [-0.05, 0) is 43.5 Å². The van der Waals surface area contributed by atoms with E-state index in [1.807, 2.05) is 24.3 Å². The van der Waals surface area contributed by atoms with Crippen LogP contribution in [0.25, 0.3) is 0 Å². The molecule has 140 valence electrons. The van der Waals surface area contributed by atoms with Crippen molar-refractivity contribution >= 4 is 15.9 Å². The number of hydrogen-bond donors (Lipinski definition) is 1. The molecule has 1 heterocycles. The first-order chi connectivity index (χ1) is 11.9. The van der Waals surface area contributed by atoms with Crippen molar-refractivity contribution in [2.75, 3.05) is 32.6 Å². The molecule has 0 spiro atoms. The maximum absolute atomic E-state index is 12.2. The molecular formula is C17H26N2O5S. The van der Waals surface area contributed by atoms with E-state index < -0.39 is 10.0 Å². The quantitative estimate of drug-likeness (QED) is 0.745. The molecule has 8 heteroatoms. The Balaban J connectivity index is 1.76. The molecule has 1 aliphatic heterocycles. The first-order valence-electron chi connectivity index (χ1n) is 8.42. The zero-order chi connectivity index (χ0) is 18.3. The third-order valence-electron chi connectivity index (χ3n) is 4.24. The van der Waals surface area contributed by atoms with E-state index in [-0.39, 0.29) is 30.4 Å². The SMILES string of the molecule is COc1ccc(OC[C@@H]2CCCN(C(=O)CCCS(N)(=O)=O)C2)cc1. The maximum Gasteiger partial charge on any atom is 0.222 e. The number of benzene rings is 1. The number of amides is 1. The lowest BCUT2D eigenvalue weighted by Crippen LogP contribution is -2.41. The minimum absolute atomic E-state index is 0.0159. The lowest BCUT2D eigenvalue weighted by Gasteiger charge is -2.32. The summed E-state index contributed by atoms with van der Waals surface area (Å²) in [6, 6.07) is 7.41. The lowest BCUT2D eigenvalue weighted by atomic mass is 9.98. The second kappa shape index (κ2) is 9.05. The van der Waals surface area contributed by atoms with Crippen molar-refractivity contribution in [2.45, 2.75) is 25.7 Å². The van der Waals surface area contributed by atoms with E-state index in [0.29, 0.717) is 19.7 Å². The van der Waals surface area contributed by atoms with Crippen LogP contribution >= 0.6 is 0 Å². The number of primary sulfonamides is 1. The Hall–Kier alpha value is -1.80. The molecule has 0 saturated carbocycles. The van der Waals surface area contributed by atoms with Gasteiger partial charge in [-0.15, -0.1) is 0 Å². The van der Waals surface area contributed by atoms with Crippen molar-refractivity contribution in [1.29, 1.82) is 0 Å². The van der Waals surface area contributed by atoms with E-state index in [4.69, 9.17) is 14.6 Å². The lowest BCUT2D eigenvalue weighted by molar-refractivity contribution is -0.133. The Morgan fingerprint density at radius 3 is 2.60 bits per heavy atom. The molecule has 25 heavy (non-hydrogen) atoms. The summed E-state index contributed by atoms with van der Waals surface area (Å²) in [7, 11) is -1.89. The smallest absolute Gasteiger partial charge is 0.222 e. The highest BCUT2D eigenvalue weighted by molar-refractivity contribution is 7.89. The third kappa shape index (κ3) is 6.91. The molecule has 1 saturated heterocycles. The summed E-state index contributed by atoms with van der Waals surface area (Å²) in [6.07, 6.45) is 2.42. The van der Waals surface area contributed by atoms with Crippen molar-refractivity contribution < 1.29 is 22.7 Å². The number of piperidine rings is 1. The van der Waals surface area contributed by atoms with Gasteiger partial charge in [0.2, 0.25) is 15.9 Å². The van der Waals surface area contributed by atoms with Crippen molar-refractivity contribution in [2.24, 2.45) is 11.1 Å². The van der Waals surface area contributed by atoms with Crippen molar-refractivity contribution in [3.63, 3.8) is 0 Å². The van der Waals surface area contributed by atoms with Crippen LogP contribution in [0.1, 0.15) is 25.7 Å². The fourth-order valence-corrected chi connectivity index (χ4v) is 3.44. The molecule has 1 aromatic rings. The largest absolute Gasteiger partial charge is 0.497 e. The fourth-order valence-electron chi connectivity index (χ4n) is 2.90. The highest BCUT2D eigenvalue weighted by atomic mass is 32.2. The van der Waals surface area contributed by atoms with Crippen LogP contribution in [0.3, 0.4) is 0 Å². The number of ether oxygens (including phenoxy) is 2. The minimum atomic E-state index is -3.51. The van der Waals surface area contributed by atoms with Crippen LogP contribution < -0.4 is 14.6 Å². The second-order valence-corrected chi connectivity index (χ2v) is 8.04. The Morgan fingerprint density at radius 1 is 1.28 bits per heavy atom. The average Bonchev–Trinajstić information content (AvgIpc) is 2.59. The number of methoxy groups -OCH3 is 1. The van der Waals surface area contributed by atoms with Gasteiger partial charge >= 0.3 is 0 Å². The number of likely N-dealkylation sites (tertiary alicyclic amines) is 1. The molecule has 1 atom stereocenters. The summed E-state index contributed by atoms with van der Waals surface area (Å²) in [5.41, 5.74) is 0. The molecule has 2 N–H and O–H groups in total. The zero-order valence-electron chi connectivity index (χ0n) is 14.5. The van der Waals surface area contributed by atoms with Gasteiger partial charge in [-0.3, -0.25) is 4.79 Å². The molecule has 1 amide bonds. The molecule has 0 radical (unpaired) electrons. The van der Waals surface area contributed by atoms with Gasteiger partial charge < -0.3 is 14.4 Å². The first kappa shape index (κ1) is 19.5. The molecule has 0 aromatic heterocycles. The molecule has 1 aromatic carbocycles. The van der Waals surface area contributed by atoms with Crippen molar-refractivity contribution in [3.05, 3.63) is 24.3 Å². The molecular weight excluding hydrogens is 344 g/mol.